The van der Waals surface area contributed by atoms with Crippen molar-refractivity contribution < 1.29 is 28.2 Å². The summed E-state index contributed by atoms with van der Waals surface area (Å²) in [7, 11) is 1.45. The molecule has 3 aromatic carbocycles. The van der Waals surface area contributed by atoms with Crippen molar-refractivity contribution in [3.63, 3.8) is 0 Å². The topological polar surface area (TPSA) is 111 Å². The number of methoxy groups -OCH3 is 1. The van der Waals surface area contributed by atoms with Gasteiger partial charge in [0.2, 0.25) is 5.76 Å². The maximum atomic E-state index is 12.5. The van der Waals surface area contributed by atoms with Crippen LogP contribution >= 0.6 is 11.6 Å². The van der Waals surface area contributed by atoms with Gasteiger partial charge in [0.25, 0.3) is 5.91 Å². The van der Waals surface area contributed by atoms with Crippen LogP contribution in [0.25, 0.3) is 11.0 Å². The Morgan fingerprint density at radius 1 is 1.06 bits per heavy atom. The number of nitrogens with zero attached hydrogens (tertiary/aromatic N) is 1. The molecular formula is C26H19ClN2O6. The van der Waals surface area contributed by atoms with Crippen molar-refractivity contribution >= 4 is 40.1 Å². The number of fused-ring (bicyclic) bond motifs is 1. The van der Waals surface area contributed by atoms with E-state index >= 15 is 0 Å². The van der Waals surface area contributed by atoms with E-state index in [0.29, 0.717) is 27.5 Å². The highest BCUT2D eigenvalue weighted by Crippen LogP contribution is 2.31. The first-order valence-corrected chi connectivity index (χ1v) is 10.8. The van der Waals surface area contributed by atoms with Gasteiger partial charge in [0.1, 0.15) is 23.9 Å². The third-order valence-corrected chi connectivity index (χ3v) is 5.25. The maximum absolute atomic E-state index is 12.5. The summed E-state index contributed by atoms with van der Waals surface area (Å²) >= 11 is 5.89. The Balaban J connectivity index is 1.37. The van der Waals surface area contributed by atoms with Crippen LogP contribution in [0.3, 0.4) is 0 Å². The fraction of sp³-hybridized carbons (Fsp3) is 0.115. The van der Waals surface area contributed by atoms with Gasteiger partial charge >= 0.3 is 5.97 Å². The second-order valence-corrected chi connectivity index (χ2v) is 7.76. The predicted octanol–water partition coefficient (Wildman–Crippen LogP) is 5.34. The van der Waals surface area contributed by atoms with E-state index in [1.807, 2.05) is 18.2 Å². The molecule has 0 spiro atoms. The number of nitrogens with one attached hydrogen (secondary N) is 1. The summed E-state index contributed by atoms with van der Waals surface area (Å²) in [6.45, 7) is -0.273. The first-order valence-electron chi connectivity index (χ1n) is 10.4. The number of esters is 1. The molecule has 0 atom stereocenters. The van der Waals surface area contributed by atoms with Gasteiger partial charge in [0.05, 0.1) is 12.7 Å². The summed E-state index contributed by atoms with van der Waals surface area (Å²) in [5, 5.41) is 13.1. The summed E-state index contributed by atoms with van der Waals surface area (Å²) in [6.07, 6.45) is 0. The van der Waals surface area contributed by atoms with Crippen molar-refractivity contribution in [2.75, 3.05) is 19.0 Å². The Labute approximate surface area is 205 Å². The molecule has 9 heteroatoms. The number of para-hydroxylation sites is 1. The zero-order chi connectivity index (χ0) is 24.8. The van der Waals surface area contributed by atoms with E-state index in [-0.39, 0.29) is 23.6 Å². The lowest BCUT2D eigenvalue weighted by Gasteiger charge is -2.12. The molecule has 0 aliphatic rings. The molecule has 0 bridgehead atoms. The van der Waals surface area contributed by atoms with Crippen molar-refractivity contribution in [1.29, 1.82) is 5.26 Å². The number of ether oxygens (including phenoxy) is 3. The van der Waals surface area contributed by atoms with E-state index < -0.39 is 18.5 Å². The van der Waals surface area contributed by atoms with Crippen LogP contribution < -0.4 is 14.8 Å². The van der Waals surface area contributed by atoms with Crippen LogP contribution in [0.2, 0.25) is 5.02 Å². The fourth-order valence-electron chi connectivity index (χ4n) is 3.29. The van der Waals surface area contributed by atoms with Crippen molar-refractivity contribution in [2.45, 2.75) is 6.61 Å². The number of amides is 1. The van der Waals surface area contributed by atoms with Gasteiger partial charge in [-0.1, -0.05) is 35.9 Å². The van der Waals surface area contributed by atoms with Gasteiger partial charge in [-0.2, -0.15) is 5.26 Å². The van der Waals surface area contributed by atoms with Gasteiger partial charge < -0.3 is 23.9 Å². The van der Waals surface area contributed by atoms with Gasteiger partial charge in [-0.05, 0) is 48.0 Å². The van der Waals surface area contributed by atoms with Crippen LogP contribution in [-0.2, 0) is 16.1 Å². The number of hydrogen-bond donors (Lipinski definition) is 1. The molecule has 1 aromatic heterocycles. The molecule has 0 saturated carbocycles. The number of furan rings is 1. The Hall–Kier alpha value is -4.48. The first-order chi connectivity index (χ1) is 17.0. The molecule has 0 radical (unpaired) electrons. The van der Waals surface area contributed by atoms with Crippen molar-refractivity contribution in [1.82, 2.24) is 0 Å². The molecule has 176 valence electrons. The minimum atomic E-state index is -0.722. The molecule has 0 saturated heterocycles. The summed E-state index contributed by atoms with van der Waals surface area (Å²) in [6, 6.07) is 20.6. The molecule has 0 aliphatic heterocycles. The number of benzene rings is 3. The van der Waals surface area contributed by atoms with Gasteiger partial charge in [-0.25, -0.2) is 4.79 Å². The zero-order valence-electron chi connectivity index (χ0n) is 18.5. The van der Waals surface area contributed by atoms with Crippen LogP contribution in [0.4, 0.5) is 5.69 Å². The molecule has 1 heterocycles. The molecular weight excluding hydrogens is 472 g/mol. The molecule has 1 amide bonds. The Morgan fingerprint density at radius 2 is 1.83 bits per heavy atom. The van der Waals surface area contributed by atoms with Crippen molar-refractivity contribution in [3.05, 3.63) is 88.6 Å². The number of halogens is 1. The minimum Gasteiger partial charge on any atom is -0.493 e. The quantitative estimate of drug-likeness (QED) is 0.332. The van der Waals surface area contributed by atoms with Crippen LogP contribution in [0.15, 0.2) is 71.1 Å². The van der Waals surface area contributed by atoms with Crippen LogP contribution in [0.1, 0.15) is 21.7 Å². The first kappa shape index (κ1) is 23.7. The molecule has 1 N–H and O–H groups in total. The molecule has 35 heavy (non-hydrogen) atoms. The van der Waals surface area contributed by atoms with Crippen LogP contribution in [0, 0.1) is 11.3 Å². The summed E-state index contributed by atoms with van der Waals surface area (Å²) in [5.41, 5.74) is 1.78. The highest BCUT2D eigenvalue weighted by Gasteiger charge is 2.18. The monoisotopic (exact) mass is 490 g/mol. The van der Waals surface area contributed by atoms with Gasteiger partial charge in [0.15, 0.2) is 18.1 Å². The molecule has 0 fully saturated rings. The van der Waals surface area contributed by atoms with E-state index in [9.17, 15) is 14.9 Å². The number of rotatable bonds is 8. The third kappa shape index (κ3) is 5.54. The highest BCUT2D eigenvalue weighted by atomic mass is 35.5. The van der Waals surface area contributed by atoms with E-state index in [2.05, 4.69) is 5.32 Å². The normalized spacial score (nSPS) is 10.4. The summed E-state index contributed by atoms with van der Waals surface area (Å²) in [4.78, 5) is 24.9. The number of carbonyl (C=O) groups excluding carboxylic acids is 2. The highest BCUT2D eigenvalue weighted by molar-refractivity contribution is 6.30. The predicted molar refractivity (Wildman–Crippen MR) is 129 cm³/mol. The van der Waals surface area contributed by atoms with E-state index in [1.54, 1.807) is 42.5 Å². The third-order valence-electron chi connectivity index (χ3n) is 5.00. The molecule has 0 unspecified atom stereocenters. The number of hydrogen-bond acceptors (Lipinski definition) is 7. The number of nitriles is 1. The van der Waals surface area contributed by atoms with E-state index in [0.717, 1.165) is 5.56 Å². The molecule has 0 aliphatic carbocycles. The second-order valence-electron chi connectivity index (χ2n) is 7.32. The van der Waals surface area contributed by atoms with Gasteiger partial charge in [0, 0.05) is 10.4 Å². The SMILES string of the molecule is COc1cc(C(=O)OCC(=O)Nc2c(C#N)oc3ccccc23)ccc1OCc1ccc(Cl)cc1. The van der Waals surface area contributed by atoms with Crippen molar-refractivity contribution in [2.24, 2.45) is 0 Å². The molecule has 4 rings (SSSR count). The van der Waals surface area contributed by atoms with Crippen LogP contribution in [-0.4, -0.2) is 25.6 Å². The van der Waals surface area contributed by atoms with Gasteiger partial charge in [-0.3, -0.25) is 4.79 Å². The zero-order valence-corrected chi connectivity index (χ0v) is 19.3. The van der Waals surface area contributed by atoms with Gasteiger partial charge in [-0.15, -0.1) is 0 Å². The van der Waals surface area contributed by atoms with Crippen molar-refractivity contribution in [3.8, 4) is 17.6 Å². The Bertz CT molecular complexity index is 1420. The molecule has 8 nitrogen and oxygen atoms in total. The fourth-order valence-corrected chi connectivity index (χ4v) is 3.42. The lowest BCUT2D eigenvalue weighted by molar-refractivity contribution is -0.119. The Kier molecular flexibility index (Phi) is 7.19. The summed E-state index contributed by atoms with van der Waals surface area (Å²) in [5.74, 6) is -0.602. The lowest BCUT2D eigenvalue weighted by Crippen LogP contribution is -2.21. The average molecular weight is 491 g/mol. The largest absolute Gasteiger partial charge is 0.493 e. The standard InChI is InChI=1S/C26H19ClN2O6/c1-32-22-12-17(8-11-21(22)33-14-16-6-9-18(27)10-7-16)26(31)34-15-24(30)29-25-19-4-2-3-5-20(19)35-23(25)13-28/h2-12H,14-15H2,1H3,(H,29,30). The molecule has 4 aromatic rings. The number of anilines is 1. The summed E-state index contributed by atoms with van der Waals surface area (Å²) < 4.78 is 21.7. The average Bonchev–Trinajstić information content (AvgIpc) is 3.24. The lowest BCUT2D eigenvalue weighted by atomic mass is 10.2. The van der Waals surface area contributed by atoms with E-state index in [1.165, 1.54) is 19.2 Å². The smallest absolute Gasteiger partial charge is 0.338 e. The van der Waals surface area contributed by atoms with E-state index in [4.69, 9.17) is 30.2 Å². The van der Waals surface area contributed by atoms with Crippen LogP contribution in [0.5, 0.6) is 11.5 Å². The minimum absolute atomic E-state index is 0.0372. The Morgan fingerprint density at radius 3 is 2.57 bits per heavy atom. The maximum Gasteiger partial charge on any atom is 0.338 e. The second kappa shape index (κ2) is 10.6. The number of carbonyl (C=O) groups is 2.